The summed E-state index contributed by atoms with van der Waals surface area (Å²) in [5, 5.41) is 0.0891. The highest BCUT2D eigenvalue weighted by molar-refractivity contribution is 6.27. The van der Waals surface area contributed by atoms with E-state index in [0.29, 0.717) is 5.92 Å². The molecule has 1 saturated carbocycles. The largest absolute Gasteiger partial charge is 0.369 e. The van der Waals surface area contributed by atoms with Crippen LogP contribution in [-0.2, 0) is 4.74 Å². The molecule has 76 valence electrons. The Morgan fingerprint density at radius 2 is 1.92 bits per heavy atom. The normalized spacial score (nSPS) is 53.8. The lowest BCUT2D eigenvalue weighted by atomic mass is 9.77. The van der Waals surface area contributed by atoms with Gasteiger partial charge < -0.3 is 4.74 Å². The Hall–Kier alpha value is 0.540. The molecule has 0 aromatic heterocycles. The van der Waals surface area contributed by atoms with Crippen molar-refractivity contribution in [2.75, 3.05) is 0 Å². The van der Waals surface area contributed by atoms with Crippen LogP contribution in [0.4, 0.5) is 0 Å². The molecule has 1 heterocycles. The van der Waals surface area contributed by atoms with Crippen LogP contribution in [0.5, 0.6) is 0 Å². The van der Waals surface area contributed by atoms with Crippen molar-refractivity contribution in [3.05, 3.63) is 0 Å². The number of fused-ring (bicyclic) bond motifs is 2. The molecule has 0 N–H and O–H groups in total. The highest BCUT2D eigenvalue weighted by atomic mass is 35.5. The monoisotopic (exact) mass is 222 g/mol. The van der Waals surface area contributed by atoms with E-state index in [0.717, 1.165) is 12.8 Å². The minimum absolute atomic E-state index is 0.0181. The maximum atomic E-state index is 6.38. The summed E-state index contributed by atoms with van der Waals surface area (Å²) >= 11 is 12.7. The summed E-state index contributed by atoms with van der Waals surface area (Å²) in [7, 11) is 0. The third-order valence-electron chi connectivity index (χ3n) is 3.53. The van der Waals surface area contributed by atoms with E-state index in [1.165, 1.54) is 0 Å². The molecule has 1 saturated heterocycles. The van der Waals surface area contributed by atoms with E-state index < -0.39 is 0 Å². The van der Waals surface area contributed by atoms with Gasteiger partial charge in [0.25, 0.3) is 0 Å². The molecule has 1 unspecified atom stereocenters. The van der Waals surface area contributed by atoms with Crippen molar-refractivity contribution in [2.24, 2.45) is 5.92 Å². The van der Waals surface area contributed by atoms with Gasteiger partial charge in [-0.05, 0) is 33.6 Å². The van der Waals surface area contributed by atoms with Crippen LogP contribution < -0.4 is 0 Å². The van der Waals surface area contributed by atoms with Crippen molar-refractivity contribution >= 4 is 23.2 Å². The van der Waals surface area contributed by atoms with E-state index in [1.807, 2.05) is 6.92 Å². The van der Waals surface area contributed by atoms with Crippen molar-refractivity contribution in [3.63, 3.8) is 0 Å². The molecule has 4 atom stereocenters. The first-order valence-corrected chi connectivity index (χ1v) is 5.67. The Balaban J connectivity index is 2.30. The fourth-order valence-electron chi connectivity index (χ4n) is 2.62. The van der Waals surface area contributed by atoms with Gasteiger partial charge in [0.15, 0.2) is 0 Å². The Kier molecular flexibility index (Phi) is 2.15. The summed E-state index contributed by atoms with van der Waals surface area (Å²) in [6.07, 6.45) is 2.11. The smallest absolute Gasteiger partial charge is 0.0938 e. The molecule has 2 rings (SSSR count). The Labute approximate surface area is 89.7 Å². The molecule has 13 heavy (non-hydrogen) atoms. The summed E-state index contributed by atoms with van der Waals surface area (Å²) in [5.41, 5.74) is -0.0935. The molecule has 2 aliphatic rings. The number of hydrogen-bond acceptors (Lipinski definition) is 1. The molecular weight excluding hydrogens is 207 g/mol. The second-order valence-electron chi connectivity index (χ2n) is 5.01. The van der Waals surface area contributed by atoms with Gasteiger partial charge in [0, 0.05) is 5.92 Å². The number of halogens is 2. The molecule has 1 aliphatic carbocycles. The third kappa shape index (κ3) is 1.40. The van der Waals surface area contributed by atoms with Gasteiger partial charge in [-0.1, -0.05) is 0 Å². The lowest BCUT2D eigenvalue weighted by Gasteiger charge is -2.35. The van der Waals surface area contributed by atoms with Gasteiger partial charge in [0.2, 0.25) is 0 Å². The van der Waals surface area contributed by atoms with Crippen molar-refractivity contribution in [1.82, 2.24) is 0 Å². The Bertz CT molecular complexity index is 223. The topological polar surface area (TPSA) is 9.23 Å². The molecule has 0 aromatic rings. The van der Waals surface area contributed by atoms with Crippen molar-refractivity contribution < 1.29 is 4.74 Å². The third-order valence-corrected chi connectivity index (χ3v) is 4.47. The molecular formula is C10H16Cl2O. The van der Waals surface area contributed by atoms with Crippen molar-refractivity contribution in [2.45, 2.75) is 55.6 Å². The fraction of sp³-hybridized carbons (Fsp3) is 1.00. The summed E-state index contributed by atoms with van der Waals surface area (Å²) < 4.78 is 5.94. The highest BCUT2D eigenvalue weighted by Gasteiger charge is 2.57. The van der Waals surface area contributed by atoms with Crippen LogP contribution in [0, 0.1) is 5.92 Å². The first-order valence-electron chi connectivity index (χ1n) is 4.85. The van der Waals surface area contributed by atoms with Crippen LogP contribution in [0.2, 0.25) is 0 Å². The molecule has 2 bridgehead atoms. The minimum Gasteiger partial charge on any atom is -0.369 e. The molecule has 1 nitrogen and oxygen atoms in total. The van der Waals surface area contributed by atoms with E-state index in [4.69, 9.17) is 27.9 Å². The SMILES string of the molecule is CC1(C)O[C@@H]2C(Cl)[C@H]1CC[C@@]2(C)Cl. The molecule has 2 fully saturated rings. The summed E-state index contributed by atoms with van der Waals surface area (Å²) in [6, 6.07) is 0. The van der Waals surface area contributed by atoms with E-state index >= 15 is 0 Å². The van der Waals surface area contributed by atoms with Gasteiger partial charge in [-0.2, -0.15) is 0 Å². The van der Waals surface area contributed by atoms with Gasteiger partial charge >= 0.3 is 0 Å². The molecule has 0 amide bonds. The maximum Gasteiger partial charge on any atom is 0.0938 e. The van der Waals surface area contributed by atoms with Gasteiger partial charge in [0.1, 0.15) is 0 Å². The summed E-state index contributed by atoms with van der Waals surface area (Å²) in [4.78, 5) is -0.267. The van der Waals surface area contributed by atoms with E-state index in [1.54, 1.807) is 0 Å². The molecule has 0 aromatic carbocycles. The van der Waals surface area contributed by atoms with E-state index in [2.05, 4.69) is 13.8 Å². The molecule has 3 heteroatoms. The Morgan fingerprint density at radius 1 is 1.31 bits per heavy atom. The lowest BCUT2D eigenvalue weighted by Crippen LogP contribution is -2.43. The number of rotatable bonds is 0. The zero-order chi connectivity index (χ0) is 9.85. The maximum absolute atomic E-state index is 6.38. The fourth-order valence-corrected chi connectivity index (χ4v) is 3.73. The quantitative estimate of drug-likeness (QED) is 0.573. The van der Waals surface area contributed by atoms with Crippen LogP contribution in [0.15, 0.2) is 0 Å². The predicted molar refractivity (Wildman–Crippen MR) is 55.6 cm³/mol. The van der Waals surface area contributed by atoms with Crippen LogP contribution in [0.3, 0.4) is 0 Å². The highest BCUT2D eigenvalue weighted by Crippen LogP contribution is 2.52. The van der Waals surface area contributed by atoms with Crippen LogP contribution >= 0.6 is 23.2 Å². The Morgan fingerprint density at radius 3 is 2.46 bits per heavy atom. The van der Waals surface area contributed by atoms with Crippen LogP contribution in [0.25, 0.3) is 0 Å². The first-order chi connectivity index (χ1) is 5.84. The average molecular weight is 223 g/mol. The van der Waals surface area contributed by atoms with Gasteiger partial charge in [-0.3, -0.25) is 0 Å². The zero-order valence-corrected chi connectivity index (χ0v) is 9.82. The second-order valence-corrected chi connectivity index (χ2v) is 6.38. The predicted octanol–water partition coefficient (Wildman–Crippen LogP) is 3.18. The second kappa shape index (κ2) is 2.77. The molecule has 0 spiro atoms. The average Bonchev–Trinajstić information content (AvgIpc) is 2.13. The zero-order valence-electron chi connectivity index (χ0n) is 8.31. The first kappa shape index (κ1) is 10.1. The van der Waals surface area contributed by atoms with Gasteiger partial charge in [0.05, 0.1) is 22.0 Å². The van der Waals surface area contributed by atoms with Gasteiger partial charge in [-0.25, -0.2) is 0 Å². The van der Waals surface area contributed by atoms with Crippen LogP contribution in [0.1, 0.15) is 33.6 Å². The molecule has 1 aliphatic heterocycles. The lowest BCUT2D eigenvalue weighted by molar-refractivity contribution is -0.0321. The van der Waals surface area contributed by atoms with Crippen molar-refractivity contribution in [1.29, 1.82) is 0 Å². The minimum atomic E-state index is -0.267. The van der Waals surface area contributed by atoms with Gasteiger partial charge in [-0.15, -0.1) is 23.2 Å². The van der Waals surface area contributed by atoms with E-state index in [-0.39, 0.29) is 22.0 Å². The van der Waals surface area contributed by atoms with E-state index in [9.17, 15) is 0 Å². The number of ether oxygens (including phenoxy) is 1. The number of hydrogen-bond donors (Lipinski definition) is 0. The summed E-state index contributed by atoms with van der Waals surface area (Å²) in [5.74, 6) is 0.464. The van der Waals surface area contributed by atoms with Crippen molar-refractivity contribution in [3.8, 4) is 0 Å². The number of alkyl halides is 2. The van der Waals surface area contributed by atoms with Crippen LogP contribution in [-0.4, -0.2) is 22.0 Å². The molecule has 0 radical (unpaired) electrons. The summed E-state index contributed by atoms with van der Waals surface area (Å²) in [6.45, 7) is 6.27. The standard InChI is InChI=1S/C10H16Cl2O/c1-9(2)6-4-5-10(3,12)8(13-9)7(6)11/h6-8H,4-5H2,1-3H3/t6-,7?,8-,10-/m1/s1.